The molecule has 0 aliphatic heterocycles. The molecule has 0 aliphatic rings. The van der Waals surface area contributed by atoms with E-state index >= 15 is 0 Å². The molecule has 1 atom stereocenters. The van der Waals surface area contributed by atoms with E-state index in [1.165, 1.54) is 6.92 Å². The summed E-state index contributed by atoms with van der Waals surface area (Å²) in [6, 6.07) is 0. The van der Waals surface area contributed by atoms with Crippen LogP contribution in [0.2, 0.25) is 0 Å². The third-order valence-corrected chi connectivity index (χ3v) is 0.357. The zero-order valence-electron chi connectivity index (χ0n) is 5.88. The normalized spacial score (nSPS) is 6.83. The molecule has 0 fully saturated rings. The van der Waals surface area contributed by atoms with Crippen LogP contribution in [0, 0.1) is 0 Å². The molecule has 0 radical (unpaired) electrons. The van der Waals surface area contributed by atoms with Crippen molar-refractivity contribution >= 4 is 43.7 Å². The van der Waals surface area contributed by atoms with Gasteiger partial charge in [0.2, 0.25) is 0 Å². The molecule has 12 heavy (non-hydrogen) atoms. The van der Waals surface area contributed by atoms with Crippen LogP contribution in [0.5, 0.6) is 0 Å². The van der Waals surface area contributed by atoms with Crippen molar-refractivity contribution in [2.75, 3.05) is 0 Å². The van der Waals surface area contributed by atoms with Crippen molar-refractivity contribution in [2.45, 2.75) is 13.0 Å². The standard InChI is InChI=1S/C3H6O3.Ca.5H2O.2H/c1-2(4)3(5)6;;;;;;;;/h2,4H,1H3,(H,5,6);;5*1H2;;. The first-order chi connectivity index (χ1) is 2.64. The molecule has 0 bridgehead atoms. The predicted octanol–water partition coefficient (Wildman–Crippen LogP) is -5.59. The van der Waals surface area contributed by atoms with Gasteiger partial charge in [0.1, 0.15) is 6.10 Å². The molecule has 0 spiro atoms. The summed E-state index contributed by atoms with van der Waals surface area (Å²) in [5.74, 6) is -1.19. The van der Waals surface area contributed by atoms with Gasteiger partial charge in [0, 0.05) is 0 Å². The number of carboxylic acid groups (broad SMARTS) is 1. The minimum atomic E-state index is -1.23. The van der Waals surface area contributed by atoms with Gasteiger partial charge in [-0.15, -0.1) is 0 Å². The Hall–Kier alpha value is 0.490. The van der Waals surface area contributed by atoms with E-state index in [2.05, 4.69) is 0 Å². The van der Waals surface area contributed by atoms with Gasteiger partial charge in [-0.05, 0) is 6.92 Å². The maximum absolute atomic E-state index is 9.45. The number of carboxylic acids is 1. The Labute approximate surface area is 98.7 Å². The van der Waals surface area contributed by atoms with Crippen LogP contribution in [-0.4, -0.2) is 87.4 Å². The number of aliphatic hydroxyl groups excluding tert-OH is 1. The Bertz CT molecular complexity index is 65.3. The van der Waals surface area contributed by atoms with Crippen LogP contribution < -0.4 is 0 Å². The summed E-state index contributed by atoms with van der Waals surface area (Å²) >= 11 is 0. The van der Waals surface area contributed by atoms with Gasteiger partial charge >= 0.3 is 43.7 Å². The molecule has 0 saturated carbocycles. The molecular weight excluding hydrogens is 204 g/mol. The first-order valence-electron chi connectivity index (χ1n) is 1.55. The topological polar surface area (TPSA) is 215 Å². The van der Waals surface area contributed by atoms with Gasteiger partial charge in [0.05, 0.1) is 0 Å². The third-order valence-electron chi connectivity index (χ3n) is 0.357. The summed E-state index contributed by atoms with van der Waals surface area (Å²) in [5, 5.41) is 15.8. The molecule has 0 saturated heterocycles. The molecule has 0 aromatic rings. The molecule has 0 aromatic carbocycles. The van der Waals surface area contributed by atoms with E-state index in [4.69, 9.17) is 10.2 Å². The van der Waals surface area contributed by atoms with E-state index in [1.54, 1.807) is 0 Å². The molecule has 1 unspecified atom stereocenters. The van der Waals surface area contributed by atoms with Gasteiger partial charge < -0.3 is 37.6 Å². The molecule has 12 N–H and O–H groups in total. The SMILES string of the molecule is CC(O)C(=O)O.O.O.O.O.O.[CaH2]. The zero-order valence-corrected chi connectivity index (χ0v) is 5.88. The van der Waals surface area contributed by atoms with Gasteiger partial charge in [-0.25, -0.2) is 4.79 Å². The van der Waals surface area contributed by atoms with Crippen molar-refractivity contribution in [3.05, 3.63) is 0 Å². The van der Waals surface area contributed by atoms with E-state index in [0.717, 1.165) is 0 Å². The monoisotopic (exact) mass is 222 g/mol. The fourth-order valence-electron chi connectivity index (χ4n) is 0. The zero-order chi connectivity index (χ0) is 5.15. The minimum absolute atomic E-state index is 0. The Morgan fingerprint density at radius 2 is 1.17 bits per heavy atom. The summed E-state index contributed by atoms with van der Waals surface area (Å²) < 4.78 is 0. The molecule has 0 aromatic heterocycles. The van der Waals surface area contributed by atoms with E-state index < -0.39 is 12.1 Å². The fourth-order valence-corrected chi connectivity index (χ4v) is 0. The van der Waals surface area contributed by atoms with Crippen molar-refractivity contribution < 1.29 is 42.4 Å². The van der Waals surface area contributed by atoms with E-state index in [-0.39, 0.29) is 65.1 Å². The van der Waals surface area contributed by atoms with Crippen LogP contribution in [-0.2, 0) is 4.79 Å². The van der Waals surface area contributed by atoms with Crippen molar-refractivity contribution in [3.63, 3.8) is 0 Å². The second-order valence-corrected chi connectivity index (χ2v) is 1.01. The van der Waals surface area contributed by atoms with Gasteiger partial charge in [0.15, 0.2) is 0 Å². The summed E-state index contributed by atoms with van der Waals surface area (Å²) in [5.41, 5.74) is 0. The van der Waals surface area contributed by atoms with Crippen LogP contribution >= 0.6 is 0 Å². The van der Waals surface area contributed by atoms with Crippen molar-refractivity contribution in [2.24, 2.45) is 0 Å². The maximum atomic E-state index is 9.45. The molecule has 0 heterocycles. The third kappa shape index (κ3) is 46.9. The Balaban J connectivity index is -0.00000000833. The van der Waals surface area contributed by atoms with Gasteiger partial charge in [-0.3, -0.25) is 0 Å². The summed E-state index contributed by atoms with van der Waals surface area (Å²) in [4.78, 5) is 9.45. The van der Waals surface area contributed by atoms with Crippen molar-refractivity contribution in [1.29, 1.82) is 0 Å². The van der Waals surface area contributed by atoms with Crippen LogP contribution in [0.1, 0.15) is 6.92 Å². The van der Waals surface area contributed by atoms with E-state index in [1.807, 2.05) is 0 Å². The van der Waals surface area contributed by atoms with E-state index in [9.17, 15) is 4.79 Å². The first kappa shape index (κ1) is 54.7. The molecule has 0 rings (SSSR count). The average Bonchev–Trinajstić information content (AvgIpc) is 1.36. The number of aliphatic hydroxyl groups is 1. The van der Waals surface area contributed by atoms with Gasteiger partial charge in [-0.1, -0.05) is 0 Å². The van der Waals surface area contributed by atoms with E-state index in [0.29, 0.717) is 0 Å². The number of hydrogen-bond acceptors (Lipinski definition) is 2. The Morgan fingerprint density at radius 3 is 1.17 bits per heavy atom. The first-order valence-corrected chi connectivity index (χ1v) is 1.55. The van der Waals surface area contributed by atoms with Gasteiger partial charge in [0.25, 0.3) is 0 Å². The number of rotatable bonds is 1. The van der Waals surface area contributed by atoms with Crippen LogP contribution in [0.4, 0.5) is 0 Å². The Morgan fingerprint density at radius 1 is 1.08 bits per heavy atom. The molecule has 80 valence electrons. The van der Waals surface area contributed by atoms with Crippen molar-refractivity contribution in [3.8, 4) is 0 Å². The van der Waals surface area contributed by atoms with Crippen LogP contribution in [0.3, 0.4) is 0 Å². The Kier molecular flexibility index (Phi) is 137. The van der Waals surface area contributed by atoms with Crippen molar-refractivity contribution in [1.82, 2.24) is 0 Å². The number of hydrogen-bond donors (Lipinski definition) is 2. The number of aliphatic carboxylic acids is 1. The quantitative estimate of drug-likeness (QED) is 0.415. The van der Waals surface area contributed by atoms with Crippen LogP contribution in [0.15, 0.2) is 0 Å². The summed E-state index contributed by atoms with van der Waals surface area (Å²) in [6.45, 7) is 1.20. The summed E-state index contributed by atoms with van der Waals surface area (Å²) in [6.07, 6.45) is -1.23. The molecule has 0 aliphatic carbocycles. The second-order valence-electron chi connectivity index (χ2n) is 1.01. The second kappa shape index (κ2) is 30.0. The summed E-state index contributed by atoms with van der Waals surface area (Å²) in [7, 11) is 0. The number of carbonyl (C=O) groups is 1. The fraction of sp³-hybridized carbons (Fsp3) is 0.667. The molecule has 0 amide bonds. The molecule has 9 heteroatoms. The van der Waals surface area contributed by atoms with Gasteiger partial charge in [-0.2, -0.15) is 0 Å². The van der Waals surface area contributed by atoms with Crippen LogP contribution in [0.25, 0.3) is 0 Å². The molecular formula is C3H18CaO8. The average molecular weight is 222 g/mol. The predicted molar refractivity (Wildman–Crippen MR) is 45.9 cm³/mol. The molecule has 8 nitrogen and oxygen atoms in total.